The number of nitro groups is 1. The Morgan fingerprint density at radius 3 is 2.36 bits per heavy atom. The largest absolute Gasteiger partial charge is 0.444 e. The molecule has 0 aliphatic rings. The van der Waals surface area contributed by atoms with E-state index in [9.17, 15) is 14.9 Å². The normalized spacial score (nSPS) is 12.3. The quantitative estimate of drug-likeness (QED) is 0.489. The van der Waals surface area contributed by atoms with Gasteiger partial charge in [-0.25, -0.2) is 4.79 Å². The van der Waals surface area contributed by atoms with Crippen molar-refractivity contribution in [1.29, 1.82) is 0 Å². The Bertz CT molecular complexity index is 566. The van der Waals surface area contributed by atoms with E-state index in [1.165, 1.54) is 12.1 Å². The highest BCUT2D eigenvalue weighted by atomic mass is 32.1. The lowest BCUT2D eigenvalue weighted by molar-refractivity contribution is -0.384. The van der Waals surface area contributed by atoms with E-state index in [4.69, 9.17) is 22.7 Å². The van der Waals surface area contributed by atoms with E-state index in [-0.39, 0.29) is 10.7 Å². The monoisotopic (exact) mass is 325 g/mol. The number of non-ortho nitro benzene ring substituents is 1. The summed E-state index contributed by atoms with van der Waals surface area (Å²) in [5, 5.41) is 13.2. The summed E-state index contributed by atoms with van der Waals surface area (Å²) in [7, 11) is 0. The molecule has 0 heterocycles. The predicted octanol–water partition coefficient (Wildman–Crippen LogP) is 2.32. The summed E-state index contributed by atoms with van der Waals surface area (Å²) in [6.45, 7) is 5.25. The van der Waals surface area contributed by atoms with Gasteiger partial charge in [-0.15, -0.1) is 0 Å². The Hall–Kier alpha value is -2.22. The SMILES string of the molecule is CC(C)(C)OC(=O)NC(Cc1ccc([N+](=O)[O-])cc1)C(N)=S. The van der Waals surface area contributed by atoms with E-state index in [0.29, 0.717) is 6.42 Å². The maximum atomic E-state index is 11.8. The molecule has 1 atom stereocenters. The van der Waals surface area contributed by atoms with E-state index < -0.39 is 22.7 Å². The van der Waals surface area contributed by atoms with Gasteiger partial charge in [-0.3, -0.25) is 10.1 Å². The number of hydrogen-bond donors (Lipinski definition) is 2. The molecule has 1 amide bonds. The molecule has 7 nitrogen and oxygen atoms in total. The van der Waals surface area contributed by atoms with Gasteiger partial charge in [0.05, 0.1) is 16.0 Å². The number of hydrogen-bond acceptors (Lipinski definition) is 5. The van der Waals surface area contributed by atoms with Crippen LogP contribution in [0.4, 0.5) is 10.5 Å². The fourth-order valence-electron chi connectivity index (χ4n) is 1.66. The number of carbonyl (C=O) groups excluding carboxylic acids is 1. The van der Waals surface area contributed by atoms with Crippen LogP contribution >= 0.6 is 12.2 Å². The van der Waals surface area contributed by atoms with Gasteiger partial charge >= 0.3 is 6.09 Å². The van der Waals surface area contributed by atoms with Gasteiger partial charge in [-0.1, -0.05) is 24.4 Å². The van der Waals surface area contributed by atoms with Crippen LogP contribution in [0.25, 0.3) is 0 Å². The molecule has 0 saturated carbocycles. The summed E-state index contributed by atoms with van der Waals surface area (Å²) in [4.78, 5) is 22.0. The van der Waals surface area contributed by atoms with Crippen molar-refractivity contribution in [2.75, 3.05) is 0 Å². The highest BCUT2D eigenvalue weighted by Gasteiger charge is 2.21. The number of benzene rings is 1. The first kappa shape index (κ1) is 17.8. The van der Waals surface area contributed by atoms with Crippen LogP contribution in [0.1, 0.15) is 26.3 Å². The number of carbonyl (C=O) groups is 1. The van der Waals surface area contributed by atoms with Gasteiger partial charge in [-0.2, -0.15) is 0 Å². The van der Waals surface area contributed by atoms with Crippen LogP contribution in [-0.2, 0) is 11.2 Å². The Morgan fingerprint density at radius 2 is 1.95 bits per heavy atom. The number of alkyl carbamates (subject to hydrolysis) is 1. The van der Waals surface area contributed by atoms with E-state index in [0.717, 1.165) is 5.56 Å². The number of nitrogens with two attached hydrogens (primary N) is 1. The molecule has 22 heavy (non-hydrogen) atoms. The Morgan fingerprint density at radius 1 is 1.41 bits per heavy atom. The van der Waals surface area contributed by atoms with Crippen LogP contribution in [0.3, 0.4) is 0 Å². The highest BCUT2D eigenvalue weighted by Crippen LogP contribution is 2.14. The minimum atomic E-state index is -0.627. The van der Waals surface area contributed by atoms with Crippen LogP contribution in [0.2, 0.25) is 0 Å². The Labute approximate surface area is 134 Å². The molecule has 1 aromatic rings. The molecule has 0 aliphatic heterocycles. The van der Waals surface area contributed by atoms with Gasteiger partial charge in [-0.05, 0) is 32.8 Å². The molecular weight excluding hydrogens is 306 g/mol. The number of thiocarbonyl (C=S) groups is 1. The lowest BCUT2D eigenvalue weighted by Gasteiger charge is -2.23. The van der Waals surface area contributed by atoms with Crippen molar-refractivity contribution in [3.05, 3.63) is 39.9 Å². The average molecular weight is 325 g/mol. The third-order valence-electron chi connectivity index (χ3n) is 2.62. The third kappa shape index (κ3) is 6.04. The molecule has 1 unspecified atom stereocenters. The molecule has 0 bridgehead atoms. The van der Waals surface area contributed by atoms with E-state index >= 15 is 0 Å². The average Bonchev–Trinajstić information content (AvgIpc) is 2.36. The van der Waals surface area contributed by atoms with Crippen molar-refractivity contribution in [1.82, 2.24) is 5.32 Å². The maximum absolute atomic E-state index is 11.8. The second-order valence-electron chi connectivity index (χ2n) is 5.73. The fraction of sp³-hybridized carbons (Fsp3) is 0.429. The molecule has 0 radical (unpaired) electrons. The van der Waals surface area contributed by atoms with Gasteiger partial charge in [0.25, 0.3) is 5.69 Å². The minimum Gasteiger partial charge on any atom is -0.444 e. The number of nitrogens with zero attached hydrogens (tertiary/aromatic N) is 1. The first-order valence-electron chi connectivity index (χ1n) is 6.60. The van der Waals surface area contributed by atoms with Crippen molar-refractivity contribution < 1.29 is 14.5 Å². The van der Waals surface area contributed by atoms with Crippen LogP contribution in [0, 0.1) is 10.1 Å². The van der Waals surface area contributed by atoms with E-state index in [1.807, 2.05) is 0 Å². The molecule has 120 valence electrons. The van der Waals surface area contributed by atoms with Crippen LogP contribution in [0.5, 0.6) is 0 Å². The highest BCUT2D eigenvalue weighted by molar-refractivity contribution is 7.80. The van der Waals surface area contributed by atoms with Gasteiger partial charge < -0.3 is 15.8 Å². The first-order chi connectivity index (χ1) is 10.1. The van der Waals surface area contributed by atoms with Crippen LogP contribution in [0.15, 0.2) is 24.3 Å². The number of amides is 1. The molecule has 1 aromatic carbocycles. The number of nitrogens with one attached hydrogen (secondary N) is 1. The predicted molar refractivity (Wildman–Crippen MR) is 86.7 cm³/mol. The molecule has 8 heteroatoms. The van der Waals surface area contributed by atoms with Crippen molar-refractivity contribution in [2.24, 2.45) is 5.73 Å². The summed E-state index contributed by atoms with van der Waals surface area (Å²) >= 11 is 4.94. The molecule has 3 N–H and O–H groups in total. The molecule has 1 rings (SSSR count). The Balaban J connectivity index is 2.74. The zero-order valence-electron chi connectivity index (χ0n) is 12.7. The van der Waals surface area contributed by atoms with Crippen molar-refractivity contribution in [3.8, 4) is 0 Å². The standard InChI is InChI=1S/C14H19N3O4S/c1-14(2,3)21-13(18)16-11(12(15)22)8-9-4-6-10(7-5-9)17(19)20/h4-7,11H,8H2,1-3H3,(H2,15,22)(H,16,18). The minimum absolute atomic E-state index is 0.00396. The second-order valence-corrected chi connectivity index (χ2v) is 6.20. The van der Waals surface area contributed by atoms with Gasteiger partial charge in [0.2, 0.25) is 0 Å². The van der Waals surface area contributed by atoms with Crippen molar-refractivity contribution in [3.63, 3.8) is 0 Å². The summed E-state index contributed by atoms with van der Waals surface area (Å²) in [6, 6.07) is 5.38. The van der Waals surface area contributed by atoms with Crippen LogP contribution < -0.4 is 11.1 Å². The fourth-order valence-corrected chi connectivity index (χ4v) is 1.80. The third-order valence-corrected chi connectivity index (χ3v) is 2.91. The molecule has 0 saturated heterocycles. The van der Waals surface area contributed by atoms with E-state index in [1.54, 1.807) is 32.9 Å². The van der Waals surface area contributed by atoms with Gasteiger partial charge in [0, 0.05) is 12.1 Å². The molecule has 0 aromatic heterocycles. The summed E-state index contributed by atoms with van der Waals surface area (Å²) in [6.07, 6.45) is -0.292. The smallest absolute Gasteiger partial charge is 0.408 e. The Kier molecular flexibility index (Phi) is 5.81. The number of ether oxygens (including phenoxy) is 1. The maximum Gasteiger partial charge on any atom is 0.408 e. The van der Waals surface area contributed by atoms with Gasteiger partial charge in [0.15, 0.2) is 0 Å². The zero-order valence-corrected chi connectivity index (χ0v) is 13.5. The van der Waals surface area contributed by atoms with Crippen molar-refractivity contribution >= 4 is 29.0 Å². The molecule has 0 fully saturated rings. The molecule has 0 aliphatic carbocycles. The lowest BCUT2D eigenvalue weighted by atomic mass is 10.1. The zero-order chi connectivity index (χ0) is 16.9. The summed E-state index contributed by atoms with van der Waals surface area (Å²) < 4.78 is 5.15. The topological polar surface area (TPSA) is 107 Å². The lowest BCUT2D eigenvalue weighted by Crippen LogP contribution is -2.46. The number of rotatable bonds is 5. The summed E-state index contributed by atoms with van der Waals surface area (Å²) in [5.41, 5.74) is 5.76. The van der Waals surface area contributed by atoms with E-state index in [2.05, 4.69) is 5.32 Å². The molecular formula is C14H19N3O4S. The van der Waals surface area contributed by atoms with Crippen molar-refractivity contribution in [2.45, 2.75) is 38.8 Å². The van der Waals surface area contributed by atoms with Gasteiger partial charge in [0.1, 0.15) is 5.60 Å². The first-order valence-corrected chi connectivity index (χ1v) is 7.01. The molecule has 0 spiro atoms. The second kappa shape index (κ2) is 7.17. The van der Waals surface area contributed by atoms with Crippen LogP contribution in [-0.4, -0.2) is 27.6 Å². The summed E-state index contributed by atoms with van der Waals surface area (Å²) in [5.74, 6) is 0. The number of nitro benzene ring substituents is 1.